The predicted octanol–water partition coefficient (Wildman–Crippen LogP) is 2.68. The van der Waals surface area contributed by atoms with E-state index in [9.17, 15) is 8.42 Å². The van der Waals surface area contributed by atoms with Crippen LogP contribution in [0.15, 0.2) is 51.5 Å². The van der Waals surface area contributed by atoms with Crippen LogP contribution in [-0.4, -0.2) is 24.6 Å². The average Bonchev–Trinajstić information content (AvgIpc) is 2.32. The van der Waals surface area contributed by atoms with Gasteiger partial charge >= 0.3 is 0 Å². The Hall–Kier alpha value is -1.11. The van der Waals surface area contributed by atoms with Crippen molar-refractivity contribution in [3.05, 3.63) is 41.8 Å². The predicted molar refractivity (Wildman–Crippen MR) is 70.7 cm³/mol. The van der Waals surface area contributed by atoms with Crippen LogP contribution < -0.4 is 0 Å². The van der Waals surface area contributed by atoms with Crippen molar-refractivity contribution in [2.75, 3.05) is 6.26 Å². The molecule has 94 valence electrons. The SMILES string of the molecule is CS(=O)(=O)c1ccc(Sc2nccnc2Cl)cc1. The first-order valence-electron chi connectivity index (χ1n) is 4.91. The van der Waals surface area contributed by atoms with Crippen molar-refractivity contribution in [2.45, 2.75) is 14.8 Å². The lowest BCUT2D eigenvalue weighted by Crippen LogP contribution is -1.96. The standard InChI is InChI=1S/C11H9ClN2O2S2/c1-18(15,16)9-4-2-8(3-5-9)17-11-10(12)13-6-7-14-11/h2-7H,1H3. The summed E-state index contributed by atoms with van der Waals surface area (Å²) in [5.74, 6) is 0. The molecule has 0 N–H and O–H groups in total. The normalized spacial score (nSPS) is 11.4. The monoisotopic (exact) mass is 300 g/mol. The second-order valence-electron chi connectivity index (χ2n) is 3.50. The average molecular weight is 301 g/mol. The number of sulfone groups is 1. The van der Waals surface area contributed by atoms with Crippen LogP contribution in [0.2, 0.25) is 5.15 Å². The summed E-state index contributed by atoms with van der Waals surface area (Å²) in [7, 11) is -3.16. The van der Waals surface area contributed by atoms with Crippen LogP contribution in [0, 0.1) is 0 Å². The van der Waals surface area contributed by atoms with Gasteiger partial charge in [-0.15, -0.1) is 0 Å². The van der Waals surface area contributed by atoms with Gasteiger partial charge in [-0.05, 0) is 24.3 Å². The molecule has 0 saturated carbocycles. The number of nitrogens with zero attached hydrogens (tertiary/aromatic N) is 2. The fraction of sp³-hybridized carbons (Fsp3) is 0.0909. The lowest BCUT2D eigenvalue weighted by molar-refractivity contribution is 0.602. The van der Waals surface area contributed by atoms with Gasteiger partial charge in [-0.2, -0.15) is 0 Å². The summed E-state index contributed by atoms with van der Waals surface area (Å²) < 4.78 is 22.6. The highest BCUT2D eigenvalue weighted by molar-refractivity contribution is 7.99. The number of halogens is 1. The Labute approximate surface area is 114 Å². The Morgan fingerprint density at radius 3 is 2.28 bits per heavy atom. The molecule has 0 spiro atoms. The summed E-state index contributed by atoms with van der Waals surface area (Å²) in [4.78, 5) is 9.15. The smallest absolute Gasteiger partial charge is 0.175 e. The van der Waals surface area contributed by atoms with Crippen LogP contribution in [0.25, 0.3) is 0 Å². The molecule has 0 aliphatic rings. The van der Waals surface area contributed by atoms with Crippen LogP contribution in [0.3, 0.4) is 0 Å². The van der Waals surface area contributed by atoms with Crippen LogP contribution in [0.5, 0.6) is 0 Å². The highest BCUT2D eigenvalue weighted by Gasteiger charge is 2.08. The highest BCUT2D eigenvalue weighted by Crippen LogP contribution is 2.30. The zero-order chi connectivity index (χ0) is 13.2. The first-order chi connectivity index (χ1) is 8.47. The number of hydrogen-bond acceptors (Lipinski definition) is 5. The number of aromatic nitrogens is 2. The van der Waals surface area contributed by atoms with Gasteiger partial charge in [0, 0.05) is 23.5 Å². The largest absolute Gasteiger partial charge is 0.245 e. The van der Waals surface area contributed by atoms with Crippen LogP contribution >= 0.6 is 23.4 Å². The quantitative estimate of drug-likeness (QED) is 0.872. The molecular formula is C11H9ClN2O2S2. The van der Waals surface area contributed by atoms with Gasteiger partial charge in [0.25, 0.3) is 0 Å². The van der Waals surface area contributed by atoms with Crippen molar-refractivity contribution < 1.29 is 8.42 Å². The first kappa shape index (κ1) is 13.3. The van der Waals surface area contributed by atoms with Crippen LogP contribution in [0.4, 0.5) is 0 Å². The lowest BCUT2D eigenvalue weighted by atomic mass is 10.4. The molecule has 4 nitrogen and oxygen atoms in total. The molecule has 0 radical (unpaired) electrons. The Balaban J connectivity index is 2.24. The number of benzene rings is 1. The molecule has 0 aliphatic carbocycles. The van der Waals surface area contributed by atoms with Gasteiger partial charge in [-0.25, -0.2) is 18.4 Å². The van der Waals surface area contributed by atoms with Crippen molar-refractivity contribution in [1.29, 1.82) is 0 Å². The van der Waals surface area contributed by atoms with Gasteiger partial charge in [0.2, 0.25) is 0 Å². The van der Waals surface area contributed by atoms with E-state index in [1.54, 1.807) is 30.5 Å². The maximum atomic E-state index is 11.3. The summed E-state index contributed by atoms with van der Waals surface area (Å²) in [6, 6.07) is 6.54. The molecule has 2 aromatic rings. The van der Waals surface area contributed by atoms with Gasteiger partial charge in [0.05, 0.1) is 4.90 Å². The molecule has 0 aliphatic heterocycles. The van der Waals surface area contributed by atoms with Crippen molar-refractivity contribution in [1.82, 2.24) is 9.97 Å². The summed E-state index contributed by atoms with van der Waals surface area (Å²) in [5, 5.41) is 0.918. The minimum Gasteiger partial charge on any atom is -0.245 e. The lowest BCUT2D eigenvalue weighted by Gasteiger charge is -2.03. The number of hydrogen-bond donors (Lipinski definition) is 0. The highest BCUT2D eigenvalue weighted by atomic mass is 35.5. The van der Waals surface area contributed by atoms with E-state index in [2.05, 4.69) is 9.97 Å². The summed E-state index contributed by atoms with van der Waals surface area (Å²) in [6.07, 6.45) is 4.24. The van der Waals surface area contributed by atoms with E-state index in [1.807, 2.05) is 0 Å². The third kappa shape index (κ3) is 3.22. The van der Waals surface area contributed by atoms with E-state index in [1.165, 1.54) is 24.2 Å². The Morgan fingerprint density at radius 1 is 1.11 bits per heavy atom. The van der Waals surface area contributed by atoms with Gasteiger partial charge in [0.15, 0.2) is 15.0 Å². The van der Waals surface area contributed by atoms with Gasteiger partial charge < -0.3 is 0 Å². The second kappa shape index (κ2) is 5.26. The fourth-order valence-electron chi connectivity index (χ4n) is 1.24. The van der Waals surface area contributed by atoms with Gasteiger partial charge in [-0.1, -0.05) is 23.4 Å². The molecule has 0 saturated heterocycles. The summed E-state index contributed by atoms with van der Waals surface area (Å²) in [5.41, 5.74) is 0. The molecule has 0 fully saturated rings. The molecule has 1 aromatic heterocycles. The van der Waals surface area contributed by atoms with Crippen molar-refractivity contribution in [2.24, 2.45) is 0 Å². The van der Waals surface area contributed by atoms with Gasteiger partial charge in [-0.3, -0.25) is 0 Å². The summed E-state index contributed by atoms with van der Waals surface area (Å²) in [6.45, 7) is 0. The summed E-state index contributed by atoms with van der Waals surface area (Å²) >= 11 is 7.22. The van der Waals surface area contributed by atoms with E-state index in [0.717, 1.165) is 4.90 Å². The van der Waals surface area contributed by atoms with E-state index in [4.69, 9.17) is 11.6 Å². The third-order valence-corrected chi connectivity index (χ3v) is 4.61. The molecule has 18 heavy (non-hydrogen) atoms. The van der Waals surface area contributed by atoms with E-state index < -0.39 is 9.84 Å². The van der Waals surface area contributed by atoms with Crippen LogP contribution in [-0.2, 0) is 9.84 Å². The molecule has 7 heteroatoms. The maximum absolute atomic E-state index is 11.3. The van der Waals surface area contributed by atoms with Crippen molar-refractivity contribution >= 4 is 33.2 Å². The molecular weight excluding hydrogens is 292 g/mol. The minimum absolute atomic E-state index is 0.289. The fourth-order valence-corrected chi connectivity index (χ4v) is 2.84. The van der Waals surface area contributed by atoms with Gasteiger partial charge in [0.1, 0.15) is 5.03 Å². The molecule has 0 amide bonds. The maximum Gasteiger partial charge on any atom is 0.175 e. The second-order valence-corrected chi connectivity index (χ2v) is 6.93. The molecule has 0 bridgehead atoms. The molecule has 0 unspecified atom stereocenters. The molecule has 0 atom stereocenters. The molecule has 1 heterocycles. The molecule has 1 aromatic carbocycles. The topological polar surface area (TPSA) is 59.9 Å². The van der Waals surface area contributed by atoms with E-state index in [0.29, 0.717) is 10.2 Å². The Morgan fingerprint density at radius 2 is 1.72 bits per heavy atom. The zero-order valence-corrected chi connectivity index (χ0v) is 11.8. The Bertz CT molecular complexity index is 657. The van der Waals surface area contributed by atoms with Crippen LogP contribution in [0.1, 0.15) is 0 Å². The van der Waals surface area contributed by atoms with E-state index >= 15 is 0 Å². The third-order valence-electron chi connectivity index (χ3n) is 2.09. The minimum atomic E-state index is -3.16. The number of rotatable bonds is 3. The first-order valence-corrected chi connectivity index (χ1v) is 8.00. The van der Waals surface area contributed by atoms with Crippen molar-refractivity contribution in [3.8, 4) is 0 Å². The Kier molecular flexibility index (Phi) is 3.89. The van der Waals surface area contributed by atoms with E-state index in [-0.39, 0.29) is 4.90 Å². The zero-order valence-electron chi connectivity index (χ0n) is 9.37. The van der Waals surface area contributed by atoms with Crippen molar-refractivity contribution in [3.63, 3.8) is 0 Å². The molecule has 2 rings (SSSR count).